The van der Waals surface area contributed by atoms with Crippen LogP contribution in [0.15, 0.2) is 18.3 Å². The lowest BCUT2D eigenvalue weighted by molar-refractivity contribution is -0.128. The third-order valence-corrected chi connectivity index (χ3v) is 5.69. The zero-order valence-corrected chi connectivity index (χ0v) is 19.2. The number of hydrogen-bond donors (Lipinski definition) is 2. The average molecular weight is 455 g/mol. The highest BCUT2D eigenvalue weighted by molar-refractivity contribution is 5.86. The number of nitrogens with zero attached hydrogens (tertiary/aromatic N) is 3. The number of piperazine rings is 1. The molecule has 1 amide bonds. The quantitative estimate of drug-likeness (QED) is 0.731. The molecule has 2 fully saturated rings. The third kappa shape index (κ3) is 6.63. The number of anilines is 1. The van der Waals surface area contributed by atoms with Gasteiger partial charge < -0.3 is 20.9 Å². The van der Waals surface area contributed by atoms with Gasteiger partial charge in [-0.25, -0.2) is 4.98 Å². The first-order valence-electron chi connectivity index (χ1n) is 9.41. The number of rotatable bonds is 4. The summed E-state index contributed by atoms with van der Waals surface area (Å²) >= 11 is 0. The highest BCUT2D eigenvalue weighted by atomic mass is 35.5. The molecule has 1 aliphatic heterocycles. The fourth-order valence-electron chi connectivity index (χ4n) is 3.97. The lowest BCUT2D eigenvalue weighted by Crippen LogP contribution is -2.52. The number of carbonyl (C=O) groups is 1. The molecule has 6 nitrogen and oxygen atoms in total. The van der Waals surface area contributed by atoms with Gasteiger partial charge in [-0.3, -0.25) is 4.79 Å². The molecule has 2 heterocycles. The van der Waals surface area contributed by atoms with Crippen molar-refractivity contribution in [3.63, 3.8) is 0 Å². The highest BCUT2D eigenvalue weighted by Gasteiger charge is 2.37. The van der Waals surface area contributed by atoms with Gasteiger partial charge in [0.2, 0.25) is 5.91 Å². The van der Waals surface area contributed by atoms with Crippen molar-refractivity contribution < 1.29 is 4.79 Å². The van der Waals surface area contributed by atoms with Gasteiger partial charge in [-0.15, -0.1) is 37.2 Å². The average Bonchev–Trinajstić information content (AvgIpc) is 2.60. The fraction of sp³-hybridized carbons (Fsp3) is 0.684. The molecular formula is C19H34Cl3N5O. The second-order valence-electron chi connectivity index (χ2n) is 7.80. The summed E-state index contributed by atoms with van der Waals surface area (Å²) < 4.78 is 0. The van der Waals surface area contributed by atoms with Crippen LogP contribution in [-0.4, -0.2) is 54.6 Å². The van der Waals surface area contributed by atoms with Gasteiger partial charge in [-0.05, 0) is 32.9 Å². The van der Waals surface area contributed by atoms with Crippen molar-refractivity contribution in [3.8, 4) is 0 Å². The van der Waals surface area contributed by atoms with Gasteiger partial charge in [0.05, 0.1) is 5.92 Å². The normalized spacial score (nSPS) is 25.0. The van der Waals surface area contributed by atoms with E-state index in [1.54, 1.807) is 0 Å². The number of carbonyl (C=O) groups excluding carboxylic acids is 1. The summed E-state index contributed by atoms with van der Waals surface area (Å²) in [4.78, 5) is 21.9. The smallest absolute Gasteiger partial charge is 0.225 e. The van der Waals surface area contributed by atoms with Crippen molar-refractivity contribution in [2.45, 2.75) is 44.7 Å². The third-order valence-electron chi connectivity index (χ3n) is 5.69. The molecule has 28 heavy (non-hydrogen) atoms. The lowest BCUT2D eigenvalue weighted by Gasteiger charge is -2.37. The molecule has 1 aromatic heterocycles. The lowest BCUT2D eigenvalue weighted by atomic mass is 9.74. The van der Waals surface area contributed by atoms with Crippen LogP contribution in [0.4, 0.5) is 5.82 Å². The molecule has 1 aromatic rings. The van der Waals surface area contributed by atoms with Crippen LogP contribution in [0.25, 0.3) is 0 Å². The summed E-state index contributed by atoms with van der Waals surface area (Å²) in [5, 5.41) is 3.12. The molecule has 162 valence electrons. The summed E-state index contributed by atoms with van der Waals surface area (Å²) in [6.45, 7) is 6.54. The van der Waals surface area contributed by atoms with Gasteiger partial charge >= 0.3 is 0 Å². The van der Waals surface area contributed by atoms with E-state index in [0.717, 1.165) is 63.2 Å². The van der Waals surface area contributed by atoms with E-state index in [1.807, 2.05) is 19.2 Å². The second kappa shape index (κ2) is 12.0. The molecule has 3 rings (SSSR count). The Bertz CT molecular complexity index is 609. The van der Waals surface area contributed by atoms with Crippen LogP contribution in [0, 0.1) is 5.92 Å². The van der Waals surface area contributed by atoms with Crippen LogP contribution in [0.5, 0.6) is 0 Å². The Morgan fingerprint density at radius 3 is 2.57 bits per heavy atom. The molecule has 9 heteroatoms. The molecule has 3 N–H and O–H groups in total. The standard InChI is InChI=1S/C19H31N5O.3ClH/c1-19(20)8-4-3-7-16(19)18(25)22-14-15-6-5-9-21-17(15)24-12-10-23(2)11-13-24;;;/h5-6,9,16H,3-4,7-8,10-14,20H2,1-2H3,(H,22,25);3*1H. The number of aromatic nitrogens is 1. The van der Waals surface area contributed by atoms with Crippen molar-refractivity contribution in [2.75, 3.05) is 38.1 Å². The zero-order chi connectivity index (χ0) is 17.9. The number of halogens is 3. The largest absolute Gasteiger partial charge is 0.354 e. The Labute approximate surface area is 187 Å². The van der Waals surface area contributed by atoms with Crippen molar-refractivity contribution in [1.82, 2.24) is 15.2 Å². The molecule has 0 aromatic carbocycles. The topological polar surface area (TPSA) is 74.5 Å². The van der Waals surface area contributed by atoms with Gasteiger partial charge in [0.25, 0.3) is 0 Å². The van der Waals surface area contributed by atoms with Gasteiger partial charge in [0.1, 0.15) is 5.82 Å². The number of pyridine rings is 1. The number of likely N-dealkylation sites (N-methyl/N-ethyl adjacent to an activating group) is 1. The molecule has 0 radical (unpaired) electrons. The van der Waals surface area contributed by atoms with Gasteiger partial charge in [-0.1, -0.05) is 18.9 Å². The summed E-state index contributed by atoms with van der Waals surface area (Å²) in [6, 6.07) is 4.00. The highest BCUT2D eigenvalue weighted by Crippen LogP contribution is 2.31. The first kappa shape index (κ1) is 27.2. The molecule has 2 unspecified atom stereocenters. The predicted octanol–water partition coefficient (Wildman–Crippen LogP) is 2.62. The van der Waals surface area contributed by atoms with E-state index in [2.05, 4.69) is 33.2 Å². The maximum absolute atomic E-state index is 12.7. The Balaban J connectivity index is 0.00000243. The summed E-state index contributed by atoms with van der Waals surface area (Å²) in [6.07, 6.45) is 5.84. The van der Waals surface area contributed by atoms with E-state index in [9.17, 15) is 4.79 Å². The van der Waals surface area contributed by atoms with E-state index in [0.29, 0.717) is 6.54 Å². The Hall–Kier alpha value is -0.790. The maximum atomic E-state index is 12.7. The first-order chi connectivity index (χ1) is 12.0. The summed E-state index contributed by atoms with van der Waals surface area (Å²) in [5.74, 6) is 0.984. The van der Waals surface area contributed by atoms with Crippen molar-refractivity contribution >= 4 is 48.9 Å². The minimum absolute atomic E-state index is 0. The van der Waals surface area contributed by atoms with Crippen molar-refractivity contribution in [2.24, 2.45) is 11.7 Å². The number of amides is 1. The Morgan fingerprint density at radius 1 is 1.25 bits per heavy atom. The van der Waals surface area contributed by atoms with E-state index < -0.39 is 5.54 Å². The molecule has 1 aliphatic carbocycles. The molecular weight excluding hydrogens is 421 g/mol. The van der Waals surface area contributed by atoms with Crippen LogP contribution in [-0.2, 0) is 11.3 Å². The van der Waals surface area contributed by atoms with E-state index in [-0.39, 0.29) is 49.0 Å². The minimum atomic E-state index is -0.391. The van der Waals surface area contributed by atoms with Crippen LogP contribution < -0.4 is 16.0 Å². The van der Waals surface area contributed by atoms with Gasteiger partial charge in [0, 0.05) is 50.0 Å². The maximum Gasteiger partial charge on any atom is 0.225 e. The van der Waals surface area contributed by atoms with E-state index in [1.165, 1.54) is 0 Å². The summed E-state index contributed by atoms with van der Waals surface area (Å²) in [7, 11) is 2.14. The van der Waals surface area contributed by atoms with Crippen molar-refractivity contribution in [3.05, 3.63) is 23.9 Å². The van der Waals surface area contributed by atoms with Crippen molar-refractivity contribution in [1.29, 1.82) is 0 Å². The molecule has 2 atom stereocenters. The molecule has 0 spiro atoms. The summed E-state index contributed by atoms with van der Waals surface area (Å²) in [5.41, 5.74) is 7.05. The number of hydrogen-bond acceptors (Lipinski definition) is 5. The molecule has 1 saturated carbocycles. The minimum Gasteiger partial charge on any atom is -0.354 e. The zero-order valence-electron chi connectivity index (χ0n) is 16.7. The van der Waals surface area contributed by atoms with E-state index in [4.69, 9.17) is 5.73 Å². The van der Waals surface area contributed by atoms with Crippen LogP contribution in [0.1, 0.15) is 38.2 Å². The van der Waals surface area contributed by atoms with E-state index >= 15 is 0 Å². The van der Waals surface area contributed by atoms with Crippen LogP contribution >= 0.6 is 37.2 Å². The fourth-order valence-corrected chi connectivity index (χ4v) is 3.97. The van der Waals surface area contributed by atoms with Gasteiger partial charge in [0.15, 0.2) is 0 Å². The Morgan fingerprint density at radius 2 is 1.93 bits per heavy atom. The van der Waals surface area contributed by atoms with Gasteiger partial charge in [-0.2, -0.15) is 0 Å². The number of nitrogens with one attached hydrogen (secondary N) is 1. The predicted molar refractivity (Wildman–Crippen MR) is 122 cm³/mol. The Kier molecular flexibility index (Phi) is 11.7. The number of nitrogens with two attached hydrogens (primary N) is 1. The van der Waals surface area contributed by atoms with Crippen LogP contribution in [0.2, 0.25) is 0 Å². The molecule has 2 aliphatic rings. The second-order valence-corrected chi connectivity index (χ2v) is 7.80. The molecule has 1 saturated heterocycles. The first-order valence-corrected chi connectivity index (χ1v) is 9.41. The SMILES string of the molecule is CN1CCN(c2ncccc2CNC(=O)C2CCCCC2(C)N)CC1.Cl.Cl.Cl. The molecule has 0 bridgehead atoms. The monoisotopic (exact) mass is 453 g/mol. The van der Waals surface area contributed by atoms with Crippen LogP contribution in [0.3, 0.4) is 0 Å².